The highest BCUT2D eigenvalue weighted by Crippen LogP contribution is 2.28. The molecule has 0 spiro atoms. The van der Waals surface area contributed by atoms with E-state index in [1.165, 1.54) is 0 Å². The Bertz CT molecular complexity index is 429. The Labute approximate surface area is 108 Å². The average Bonchev–Trinajstić information content (AvgIpc) is 2.43. The van der Waals surface area contributed by atoms with Crippen molar-refractivity contribution in [2.45, 2.75) is 6.92 Å². The lowest BCUT2D eigenvalue weighted by Crippen LogP contribution is -2.26. The number of hydrogen-bond donors (Lipinski definition) is 0. The van der Waals surface area contributed by atoms with Gasteiger partial charge in [-0.3, -0.25) is 4.79 Å². The van der Waals surface area contributed by atoms with Crippen molar-refractivity contribution in [1.82, 2.24) is 4.90 Å². The standard InChI is InChI=1S/C14H19NO3/c1-5-9-18-12-8-7-11(10-13(12)17-4)14(16)15(3)6-2/h5,7-8,10H,1,6,9H2,2-4H3. The maximum atomic E-state index is 12.0. The zero-order chi connectivity index (χ0) is 13.5. The van der Waals surface area contributed by atoms with Gasteiger partial charge >= 0.3 is 0 Å². The molecular weight excluding hydrogens is 230 g/mol. The summed E-state index contributed by atoms with van der Waals surface area (Å²) in [5.41, 5.74) is 0.585. The Morgan fingerprint density at radius 3 is 2.72 bits per heavy atom. The van der Waals surface area contributed by atoms with E-state index in [2.05, 4.69) is 6.58 Å². The summed E-state index contributed by atoms with van der Waals surface area (Å²) in [4.78, 5) is 13.6. The number of hydrogen-bond acceptors (Lipinski definition) is 3. The van der Waals surface area contributed by atoms with Crippen molar-refractivity contribution in [2.75, 3.05) is 27.3 Å². The van der Waals surface area contributed by atoms with Crippen molar-refractivity contribution in [3.63, 3.8) is 0 Å². The lowest BCUT2D eigenvalue weighted by molar-refractivity contribution is 0.0802. The lowest BCUT2D eigenvalue weighted by Gasteiger charge is -2.16. The van der Waals surface area contributed by atoms with Crippen molar-refractivity contribution < 1.29 is 14.3 Å². The predicted molar refractivity (Wildman–Crippen MR) is 71.3 cm³/mol. The van der Waals surface area contributed by atoms with E-state index < -0.39 is 0 Å². The van der Waals surface area contributed by atoms with E-state index in [0.29, 0.717) is 30.2 Å². The van der Waals surface area contributed by atoms with Crippen molar-refractivity contribution in [3.05, 3.63) is 36.4 Å². The van der Waals surface area contributed by atoms with Gasteiger partial charge in [-0.2, -0.15) is 0 Å². The first-order valence-corrected chi connectivity index (χ1v) is 5.81. The molecular formula is C14H19NO3. The zero-order valence-corrected chi connectivity index (χ0v) is 11.1. The molecule has 1 rings (SSSR count). The summed E-state index contributed by atoms with van der Waals surface area (Å²) in [6.45, 7) is 6.58. The van der Waals surface area contributed by atoms with E-state index in [0.717, 1.165) is 0 Å². The van der Waals surface area contributed by atoms with Crippen LogP contribution >= 0.6 is 0 Å². The molecule has 98 valence electrons. The van der Waals surface area contributed by atoms with Gasteiger partial charge in [0.15, 0.2) is 11.5 Å². The number of ether oxygens (including phenoxy) is 2. The molecule has 1 aromatic rings. The van der Waals surface area contributed by atoms with Gasteiger partial charge in [-0.05, 0) is 25.1 Å². The molecule has 0 fully saturated rings. The van der Waals surface area contributed by atoms with Crippen LogP contribution in [0.3, 0.4) is 0 Å². The van der Waals surface area contributed by atoms with Crippen molar-refractivity contribution in [1.29, 1.82) is 0 Å². The second-order valence-corrected chi connectivity index (χ2v) is 3.78. The van der Waals surface area contributed by atoms with Crippen molar-refractivity contribution >= 4 is 5.91 Å². The Morgan fingerprint density at radius 1 is 1.44 bits per heavy atom. The molecule has 1 amide bonds. The largest absolute Gasteiger partial charge is 0.493 e. The quantitative estimate of drug-likeness (QED) is 0.726. The normalized spacial score (nSPS) is 9.72. The molecule has 0 saturated carbocycles. The van der Waals surface area contributed by atoms with Crippen LogP contribution in [0.2, 0.25) is 0 Å². The summed E-state index contributed by atoms with van der Waals surface area (Å²) in [6.07, 6.45) is 1.66. The van der Waals surface area contributed by atoms with E-state index in [-0.39, 0.29) is 5.91 Å². The Balaban J connectivity index is 2.97. The number of carbonyl (C=O) groups is 1. The van der Waals surface area contributed by atoms with Crippen LogP contribution in [-0.4, -0.2) is 38.1 Å². The average molecular weight is 249 g/mol. The van der Waals surface area contributed by atoms with Crippen molar-refractivity contribution in [3.8, 4) is 11.5 Å². The minimum Gasteiger partial charge on any atom is -0.493 e. The summed E-state index contributed by atoms with van der Waals surface area (Å²) < 4.78 is 10.6. The van der Waals surface area contributed by atoms with Crippen LogP contribution in [0.5, 0.6) is 11.5 Å². The molecule has 0 aliphatic carbocycles. The lowest BCUT2D eigenvalue weighted by atomic mass is 10.2. The molecule has 0 N–H and O–H groups in total. The molecule has 18 heavy (non-hydrogen) atoms. The van der Waals surface area contributed by atoms with Gasteiger partial charge < -0.3 is 14.4 Å². The molecule has 1 aromatic carbocycles. The van der Waals surface area contributed by atoms with E-state index in [4.69, 9.17) is 9.47 Å². The van der Waals surface area contributed by atoms with Crippen LogP contribution in [0, 0.1) is 0 Å². The summed E-state index contributed by atoms with van der Waals surface area (Å²) >= 11 is 0. The molecule has 0 aromatic heterocycles. The Morgan fingerprint density at radius 2 is 2.17 bits per heavy atom. The van der Waals surface area contributed by atoms with Gasteiger partial charge in [-0.25, -0.2) is 0 Å². The van der Waals surface area contributed by atoms with E-state index in [1.807, 2.05) is 6.92 Å². The van der Waals surface area contributed by atoms with Gasteiger partial charge in [0.05, 0.1) is 7.11 Å². The third-order valence-electron chi connectivity index (χ3n) is 2.59. The SMILES string of the molecule is C=CCOc1ccc(C(=O)N(C)CC)cc1OC. The molecule has 0 atom stereocenters. The van der Waals surface area contributed by atoms with E-state index in [9.17, 15) is 4.79 Å². The first kappa shape index (κ1) is 14.1. The Kier molecular flexibility index (Phi) is 5.24. The topological polar surface area (TPSA) is 38.8 Å². The second-order valence-electron chi connectivity index (χ2n) is 3.78. The van der Waals surface area contributed by atoms with Crippen LogP contribution < -0.4 is 9.47 Å². The summed E-state index contributed by atoms with van der Waals surface area (Å²) in [6, 6.07) is 5.15. The first-order chi connectivity index (χ1) is 8.63. The predicted octanol–water partition coefficient (Wildman–Crippen LogP) is 2.35. The van der Waals surface area contributed by atoms with Gasteiger partial charge in [-0.1, -0.05) is 12.7 Å². The van der Waals surface area contributed by atoms with Gasteiger partial charge in [0.1, 0.15) is 6.61 Å². The first-order valence-electron chi connectivity index (χ1n) is 5.81. The van der Waals surface area contributed by atoms with Crippen LogP contribution in [0.25, 0.3) is 0 Å². The fourth-order valence-electron chi connectivity index (χ4n) is 1.43. The van der Waals surface area contributed by atoms with Gasteiger partial charge in [0.2, 0.25) is 0 Å². The van der Waals surface area contributed by atoms with Crippen LogP contribution in [0.15, 0.2) is 30.9 Å². The fourth-order valence-corrected chi connectivity index (χ4v) is 1.43. The molecule has 0 aliphatic heterocycles. The smallest absolute Gasteiger partial charge is 0.253 e. The van der Waals surface area contributed by atoms with Gasteiger partial charge in [-0.15, -0.1) is 0 Å². The third-order valence-corrected chi connectivity index (χ3v) is 2.59. The number of carbonyl (C=O) groups excluding carboxylic acids is 1. The Hall–Kier alpha value is -1.97. The zero-order valence-electron chi connectivity index (χ0n) is 11.1. The number of methoxy groups -OCH3 is 1. The molecule has 0 radical (unpaired) electrons. The van der Waals surface area contributed by atoms with Gasteiger partial charge in [0.25, 0.3) is 5.91 Å². The van der Waals surface area contributed by atoms with Crippen LogP contribution in [0.4, 0.5) is 0 Å². The number of amides is 1. The number of rotatable bonds is 6. The molecule has 0 heterocycles. The van der Waals surface area contributed by atoms with Crippen LogP contribution in [-0.2, 0) is 0 Å². The second kappa shape index (κ2) is 6.69. The summed E-state index contributed by atoms with van der Waals surface area (Å²) in [5, 5.41) is 0. The fraction of sp³-hybridized carbons (Fsp3) is 0.357. The molecule has 0 bridgehead atoms. The maximum Gasteiger partial charge on any atom is 0.253 e. The molecule has 4 heteroatoms. The molecule has 0 aliphatic rings. The highest BCUT2D eigenvalue weighted by molar-refractivity contribution is 5.94. The molecule has 0 unspecified atom stereocenters. The minimum atomic E-state index is -0.0360. The van der Waals surface area contributed by atoms with E-state index in [1.54, 1.807) is 43.3 Å². The monoisotopic (exact) mass is 249 g/mol. The number of nitrogens with zero attached hydrogens (tertiary/aromatic N) is 1. The van der Waals surface area contributed by atoms with E-state index >= 15 is 0 Å². The summed E-state index contributed by atoms with van der Waals surface area (Å²) in [7, 11) is 3.31. The molecule has 0 saturated heterocycles. The highest BCUT2D eigenvalue weighted by Gasteiger charge is 2.13. The van der Waals surface area contributed by atoms with Crippen molar-refractivity contribution in [2.24, 2.45) is 0 Å². The summed E-state index contributed by atoms with van der Waals surface area (Å²) in [5.74, 6) is 1.12. The minimum absolute atomic E-state index is 0.0360. The van der Waals surface area contributed by atoms with Crippen LogP contribution in [0.1, 0.15) is 17.3 Å². The molecule has 4 nitrogen and oxygen atoms in total. The highest BCUT2D eigenvalue weighted by atomic mass is 16.5. The maximum absolute atomic E-state index is 12.0. The van der Waals surface area contributed by atoms with Gasteiger partial charge in [0, 0.05) is 19.2 Å². The third kappa shape index (κ3) is 3.26. The number of benzene rings is 1.